The van der Waals surface area contributed by atoms with Gasteiger partial charge in [0, 0.05) is 11.8 Å². The van der Waals surface area contributed by atoms with Gasteiger partial charge in [0.15, 0.2) is 0 Å². The topological polar surface area (TPSA) is 35.2 Å². The van der Waals surface area contributed by atoms with Crippen LogP contribution < -0.4 is 10.5 Å². The van der Waals surface area contributed by atoms with Crippen molar-refractivity contribution in [3.05, 3.63) is 23.2 Å². The van der Waals surface area contributed by atoms with Crippen LogP contribution in [0.4, 0.5) is 5.69 Å². The van der Waals surface area contributed by atoms with Gasteiger partial charge in [-0.1, -0.05) is 25.4 Å². The quantitative estimate of drug-likeness (QED) is 0.615. The first-order chi connectivity index (χ1) is 7.09. The smallest absolute Gasteiger partial charge is 0.139 e. The molecule has 84 valence electrons. The Hall–Kier alpha value is -0.890. The fourth-order valence-electron chi connectivity index (χ4n) is 1.30. The molecule has 1 rings (SSSR count). The van der Waals surface area contributed by atoms with Gasteiger partial charge in [-0.15, -0.1) is 0 Å². The molecule has 1 aromatic carbocycles. The van der Waals surface area contributed by atoms with Crippen LogP contribution in [0.3, 0.4) is 0 Å². The number of hydrogen-bond acceptors (Lipinski definition) is 2. The van der Waals surface area contributed by atoms with E-state index < -0.39 is 0 Å². The van der Waals surface area contributed by atoms with E-state index in [1.165, 1.54) is 6.42 Å². The van der Waals surface area contributed by atoms with Gasteiger partial charge in [0.05, 0.1) is 11.6 Å². The van der Waals surface area contributed by atoms with Crippen LogP contribution in [0.1, 0.15) is 26.7 Å². The highest BCUT2D eigenvalue weighted by Gasteiger charge is 2.02. The third-order valence-corrected chi connectivity index (χ3v) is 2.45. The van der Waals surface area contributed by atoms with Gasteiger partial charge in [-0.3, -0.25) is 0 Å². The second kappa shape index (κ2) is 5.86. The largest absolute Gasteiger partial charge is 0.492 e. The van der Waals surface area contributed by atoms with Gasteiger partial charge < -0.3 is 10.5 Å². The summed E-state index contributed by atoms with van der Waals surface area (Å²) in [6.45, 7) is 5.10. The summed E-state index contributed by atoms with van der Waals surface area (Å²) in [6.07, 6.45) is 2.21. The SMILES string of the molecule is CC(C)CCCOc1cc(N)ccc1Cl. The maximum absolute atomic E-state index is 5.96. The molecule has 0 saturated carbocycles. The number of anilines is 1. The summed E-state index contributed by atoms with van der Waals surface area (Å²) in [5.41, 5.74) is 6.32. The molecular formula is C12H18ClNO. The molecule has 0 atom stereocenters. The Labute approximate surface area is 96.4 Å². The summed E-state index contributed by atoms with van der Waals surface area (Å²) in [4.78, 5) is 0. The molecule has 0 aliphatic rings. The predicted molar refractivity (Wildman–Crippen MR) is 65.4 cm³/mol. The summed E-state index contributed by atoms with van der Waals surface area (Å²) >= 11 is 5.96. The minimum absolute atomic E-state index is 0.619. The molecule has 0 unspecified atom stereocenters. The lowest BCUT2D eigenvalue weighted by Gasteiger charge is -2.09. The van der Waals surface area contributed by atoms with E-state index in [2.05, 4.69) is 13.8 Å². The number of rotatable bonds is 5. The standard InChI is InChI=1S/C12H18ClNO/c1-9(2)4-3-7-15-12-8-10(14)5-6-11(12)13/h5-6,8-9H,3-4,7,14H2,1-2H3. The molecule has 2 nitrogen and oxygen atoms in total. The van der Waals surface area contributed by atoms with E-state index in [9.17, 15) is 0 Å². The highest BCUT2D eigenvalue weighted by Crippen LogP contribution is 2.26. The monoisotopic (exact) mass is 227 g/mol. The van der Waals surface area contributed by atoms with Crippen LogP contribution in [0.15, 0.2) is 18.2 Å². The van der Waals surface area contributed by atoms with Crippen LogP contribution in [0, 0.1) is 5.92 Å². The summed E-state index contributed by atoms with van der Waals surface area (Å²) < 4.78 is 5.56. The molecule has 0 amide bonds. The molecular weight excluding hydrogens is 210 g/mol. The summed E-state index contributed by atoms with van der Waals surface area (Å²) in [5, 5.41) is 0.619. The number of hydrogen-bond donors (Lipinski definition) is 1. The molecule has 3 heteroatoms. The Morgan fingerprint density at radius 1 is 1.40 bits per heavy atom. The van der Waals surface area contributed by atoms with Crippen molar-refractivity contribution in [1.29, 1.82) is 0 Å². The van der Waals surface area contributed by atoms with E-state index in [0.717, 1.165) is 6.42 Å². The lowest BCUT2D eigenvalue weighted by Crippen LogP contribution is -2.00. The Bertz CT molecular complexity index is 312. The summed E-state index contributed by atoms with van der Waals surface area (Å²) in [5.74, 6) is 1.39. The lowest BCUT2D eigenvalue weighted by atomic mass is 10.1. The van der Waals surface area contributed by atoms with E-state index >= 15 is 0 Å². The van der Waals surface area contributed by atoms with Crippen LogP contribution >= 0.6 is 11.6 Å². The van der Waals surface area contributed by atoms with E-state index in [0.29, 0.717) is 29.0 Å². The highest BCUT2D eigenvalue weighted by atomic mass is 35.5. The molecule has 0 saturated heterocycles. The van der Waals surface area contributed by atoms with Gasteiger partial charge >= 0.3 is 0 Å². The number of ether oxygens (including phenoxy) is 1. The van der Waals surface area contributed by atoms with Gasteiger partial charge in [0.1, 0.15) is 5.75 Å². The van der Waals surface area contributed by atoms with Gasteiger partial charge in [-0.25, -0.2) is 0 Å². The number of halogens is 1. The van der Waals surface area contributed by atoms with Crippen LogP contribution in [0.5, 0.6) is 5.75 Å². The molecule has 0 radical (unpaired) electrons. The Kier molecular flexibility index (Phi) is 4.76. The fourth-order valence-corrected chi connectivity index (χ4v) is 1.48. The lowest BCUT2D eigenvalue weighted by molar-refractivity contribution is 0.298. The number of nitrogens with two attached hydrogens (primary N) is 1. The highest BCUT2D eigenvalue weighted by molar-refractivity contribution is 6.32. The van der Waals surface area contributed by atoms with E-state index in [1.54, 1.807) is 18.2 Å². The molecule has 15 heavy (non-hydrogen) atoms. The van der Waals surface area contributed by atoms with Crippen molar-refractivity contribution < 1.29 is 4.74 Å². The third-order valence-electron chi connectivity index (χ3n) is 2.14. The minimum atomic E-state index is 0.619. The van der Waals surface area contributed by atoms with Crippen LogP contribution in [0.25, 0.3) is 0 Å². The summed E-state index contributed by atoms with van der Waals surface area (Å²) in [6, 6.07) is 5.29. The zero-order valence-electron chi connectivity index (χ0n) is 9.29. The molecule has 2 N–H and O–H groups in total. The average molecular weight is 228 g/mol. The van der Waals surface area contributed by atoms with Crippen molar-refractivity contribution in [3.8, 4) is 5.75 Å². The van der Waals surface area contributed by atoms with Crippen LogP contribution in [-0.4, -0.2) is 6.61 Å². The first-order valence-electron chi connectivity index (χ1n) is 5.27. The molecule has 0 spiro atoms. The third kappa shape index (κ3) is 4.43. The Balaban J connectivity index is 2.40. The Morgan fingerprint density at radius 3 is 2.80 bits per heavy atom. The van der Waals surface area contributed by atoms with E-state index in [1.807, 2.05) is 0 Å². The van der Waals surface area contributed by atoms with Gasteiger partial charge in [-0.05, 0) is 30.9 Å². The average Bonchev–Trinajstić information content (AvgIpc) is 2.17. The van der Waals surface area contributed by atoms with Crippen molar-refractivity contribution in [2.24, 2.45) is 5.92 Å². The van der Waals surface area contributed by atoms with Crippen molar-refractivity contribution in [2.45, 2.75) is 26.7 Å². The second-order valence-corrected chi connectivity index (χ2v) is 4.48. The number of nitrogen functional groups attached to an aromatic ring is 1. The van der Waals surface area contributed by atoms with Crippen LogP contribution in [0.2, 0.25) is 5.02 Å². The van der Waals surface area contributed by atoms with Gasteiger partial charge in [0.25, 0.3) is 0 Å². The molecule has 0 fully saturated rings. The van der Waals surface area contributed by atoms with Gasteiger partial charge in [-0.2, -0.15) is 0 Å². The normalized spacial score (nSPS) is 10.7. The summed E-state index contributed by atoms with van der Waals surface area (Å²) in [7, 11) is 0. The van der Waals surface area contributed by atoms with E-state index in [-0.39, 0.29) is 0 Å². The molecule has 0 aliphatic heterocycles. The van der Waals surface area contributed by atoms with Crippen molar-refractivity contribution in [2.75, 3.05) is 12.3 Å². The van der Waals surface area contributed by atoms with Gasteiger partial charge in [0.2, 0.25) is 0 Å². The van der Waals surface area contributed by atoms with E-state index in [4.69, 9.17) is 22.1 Å². The van der Waals surface area contributed by atoms with Crippen LogP contribution in [-0.2, 0) is 0 Å². The maximum atomic E-state index is 5.96. The molecule has 1 aromatic rings. The first kappa shape index (κ1) is 12.2. The predicted octanol–water partition coefficient (Wildman–Crippen LogP) is 3.74. The second-order valence-electron chi connectivity index (χ2n) is 4.07. The maximum Gasteiger partial charge on any atom is 0.139 e. The van der Waals surface area contributed by atoms with Crippen molar-refractivity contribution >= 4 is 17.3 Å². The molecule has 0 aromatic heterocycles. The zero-order valence-corrected chi connectivity index (χ0v) is 10.1. The number of benzene rings is 1. The Morgan fingerprint density at radius 2 is 2.13 bits per heavy atom. The van der Waals surface area contributed by atoms with Crippen molar-refractivity contribution in [1.82, 2.24) is 0 Å². The zero-order chi connectivity index (χ0) is 11.3. The molecule has 0 bridgehead atoms. The minimum Gasteiger partial charge on any atom is -0.492 e. The molecule has 0 heterocycles. The molecule has 0 aliphatic carbocycles. The first-order valence-corrected chi connectivity index (χ1v) is 5.65. The van der Waals surface area contributed by atoms with Crippen molar-refractivity contribution in [3.63, 3.8) is 0 Å². The fraction of sp³-hybridized carbons (Fsp3) is 0.500.